The van der Waals surface area contributed by atoms with Crippen LogP contribution in [-0.4, -0.2) is 24.6 Å². The number of hydrogen-bond donors (Lipinski definition) is 1. The summed E-state index contributed by atoms with van der Waals surface area (Å²) in [6.07, 6.45) is 3.30. The number of hydrogen-bond acceptors (Lipinski definition) is 3. The van der Waals surface area contributed by atoms with Crippen molar-refractivity contribution in [3.63, 3.8) is 0 Å². The van der Waals surface area contributed by atoms with Crippen LogP contribution in [0.2, 0.25) is 0 Å². The minimum atomic E-state index is 0.694. The summed E-state index contributed by atoms with van der Waals surface area (Å²) < 4.78 is 0. The normalized spacial score (nSPS) is 23.4. The summed E-state index contributed by atoms with van der Waals surface area (Å²) in [4.78, 5) is 7.07. The lowest BCUT2D eigenvalue weighted by Gasteiger charge is -2.36. The van der Waals surface area contributed by atoms with Crippen LogP contribution in [0.3, 0.4) is 0 Å². The van der Waals surface area contributed by atoms with Crippen molar-refractivity contribution in [3.05, 3.63) is 23.9 Å². The molecule has 1 aliphatic heterocycles. The van der Waals surface area contributed by atoms with Crippen molar-refractivity contribution in [2.45, 2.75) is 40.7 Å². The molecule has 2 atom stereocenters. The first-order chi connectivity index (χ1) is 9.56. The summed E-state index contributed by atoms with van der Waals surface area (Å²) in [6.45, 7) is 13.4. The topological polar surface area (TPSA) is 28.2 Å². The quantitative estimate of drug-likeness (QED) is 0.893. The predicted octanol–water partition coefficient (Wildman–Crippen LogP) is 3.31. The van der Waals surface area contributed by atoms with E-state index >= 15 is 0 Å². The van der Waals surface area contributed by atoms with Crippen LogP contribution in [0.15, 0.2) is 18.3 Å². The Balaban J connectivity index is 1.88. The van der Waals surface area contributed by atoms with E-state index in [1.807, 2.05) is 6.20 Å². The molecular formula is C17H29N3. The zero-order valence-corrected chi connectivity index (χ0v) is 13.4. The van der Waals surface area contributed by atoms with E-state index in [2.05, 4.69) is 55.0 Å². The van der Waals surface area contributed by atoms with Crippen LogP contribution in [0, 0.1) is 17.8 Å². The molecule has 1 aromatic heterocycles. The highest BCUT2D eigenvalue weighted by atomic mass is 15.2. The van der Waals surface area contributed by atoms with Crippen molar-refractivity contribution in [1.82, 2.24) is 10.3 Å². The summed E-state index contributed by atoms with van der Waals surface area (Å²) in [6, 6.07) is 4.38. The molecule has 2 rings (SSSR count). The van der Waals surface area contributed by atoms with E-state index < -0.39 is 0 Å². The fourth-order valence-corrected chi connectivity index (χ4v) is 2.68. The third-order valence-corrected chi connectivity index (χ3v) is 4.35. The second-order valence-corrected chi connectivity index (χ2v) is 6.74. The molecule has 20 heavy (non-hydrogen) atoms. The van der Waals surface area contributed by atoms with Gasteiger partial charge in [0.2, 0.25) is 0 Å². The zero-order chi connectivity index (χ0) is 14.5. The van der Waals surface area contributed by atoms with Gasteiger partial charge in [-0.3, -0.25) is 0 Å². The lowest BCUT2D eigenvalue weighted by Crippen LogP contribution is -2.38. The molecule has 2 heterocycles. The molecule has 0 radical (unpaired) electrons. The fourth-order valence-electron chi connectivity index (χ4n) is 2.68. The van der Waals surface area contributed by atoms with Crippen molar-refractivity contribution >= 4 is 5.82 Å². The average Bonchev–Trinajstić information content (AvgIpc) is 2.42. The van der Waals surface area contributed by atoms with Gasteiger partial charge in [-0.25, -0.2) is 4.98 Å². The average molecular weight is 275 g/mol. The lowest BCUT2D eigenvalue weighted by molar-refractivity contribution is 0.323. The molecule has 0 aromatic carbocycles. The fraction of sp³-hybridized carbons (Fsp3) is 0.706. The molecule has 1 saturated heterocycles. The van der Waals surface area contributed by atoms with Gasteiger partial charge < -0.3 is 10.2 Å². The number of aromatic nitrogens is 1. The van der Waals surface area contributed by atoms with E-state index in [0.717, 1.165) is 43.8 Å². The number of nitrogens with one attached hydrogen (secondary N) is 1. The molecule has 0 spiro atoms. The Morgan fingerprint density at radius 1 is 1.30 bits per heavy atom. The number of nitrogens with zero attached hydrogens (tertiary/aromatic N) is 2. The van der Waals surface area contributed by atoms with Crippen LogP contribution in [-0.2, 0) is 6.54 Å². The molecule has 0 amide bonds. The van der Waals surface area contributed by atoms with Crippen LogP contribution in [0.1, 0.15) is 39.7 Å². The van der Waals surface area contributed by atoms with E-state index in [0.29, 0.717) is 5.92 Å². The highest BCUT2D eigenvalue weighted by molar-refractivity contribution is 5.39. The van der Waals surface area contributed by atoms with Gasteiger partial charge in [0.05, 0.1) is 0 Å². The highest BCUT2D eigenvalue weighted by Gasteiger charge is 2.23. The number of rotatable bonds is 5. The molecule has 112 valence electrons. The lowest BCUT2D eigenvalue weighted by atomic mass is 9.89. The molecule has 1 aliphatic rings. The Bertz CT molecular complexity index is 399. The van der Waals surface area contributed by atoms with Gasteiger partial charge in [-0.05, 0) is 42.3 Å². The summed E-state index contributed by atoms with van der Waals surface area (Å²) in [5.74, 6) is 3.43. The third kappa shape index (κ3) is 4.20. The Kier molecular flexibility index (Phi) is 5.41. The van der Waals surface area contributed by atoms with E-state index in [4.69, 9.17) is 0 Å². The van der Waals surface area contributed by atoms with Crippen LogP contribution in [0.5, 0.6) is 0 Å². The minimum absolute atomic E-state index is 0.694. The molecule has 0 saturated carbocycles. The van der Waals surface area contributed by atoms with E-state index in [1.165, 1.54) is 12.0 Å². The maximum Gasteiger partial charge on any atom is 0.128 e. The maximum atomic E-state index is 4.65. The molecule has 2 unspecified atom stereocenters. The maximum absolute atomic E-state index is 4.65. The molecule has 1 fully saturated rings. The third-order valence-electron chi connectivity index (χ3n) is 4.35. The molecule has 0 aliphatic carbocycles. The monoisotopic (exact) mass is 275 g/mol. The van der Waals surface area contributed by atoms with Crippen LogP contribution < -0.4 is 10.2 Å². The Hall–Kier alpha value is -1.09. The van der Waals surface area contributed by atoms with E-state index in [9.17, 15) is 0 Å². The number of piperidine rings is 1. The molecule has 0 bridgehead atoms. The van der Waals surface area contributed by atoms with Crippen molar-refractivity contribution in [3.8, 4) is 0 Å². The zero-order valence-electron chi connectivity index (χ0n) is 13.4. The van der Waals surface area contributed by atoms with Crippen molar-refractivity contribution < 1.29 is 0 Å². The Morgan fingerprint density at radius 3 is 2.70 bits per heavy atom. The number of anilines is 1. The van der Waals surface area contributed by atoms with Crippen molar-refractivity contribution in [2.24, 2.45) is 17.8 Å². The van der Waals surface area contributed by atoms with E-state index in [-0.39, 0.29) is 0 Å². The molecule has 1 N–H and O–H groups in total. The molecule has 3 nitrogen and oxygen atoms in total. The summed E-state index contributed by atoms with van der Waals surface area (Å²) in [5.41, 5.74) is 1.27. The number of pyridine rings is 1. The van der Waals surface area contributed by atoms with Gasteiger partial charge in [0.15, 0.2) is 0 Å². The van der Waals surface area contributed by atoms with Crippen LogP contribution in [0.4, 0.5) is 5.82 Å². The van der Waals surface area contributed by atoms with Crippen LogP contribution in [0.25, 0.3) is 0 Å². The van der Waals surface area contributed by atoms with Crippen LogP contribution >= 0.6 is 0 Å². The summed E-state index contributed by atoms with van der Waals surface area (Å²) in [7, 11) is 0. The SMILES string of the molecule is CC(C)CNCc1ccc(N2CCC(C)C(C)C2)nc1. The van der Waals surface area contributed by atoms with Gasteiger partial charge in [0, 0.05) is 25.8 Å². The van der Waals surface area contributed by atoms with Crippen molar-refractivity contribution in [2.75, 3.05) is 24.5 Å². The Morgan fingerprint density at radius 2 is 2.10 bits per heavy atom. The van der Waals surface area contributed by atoms with Gasteiger partial charge in [0.1, 0.15) is 5.82 Å². The standard InChI is InChI=1S/C17H29N3/c1-13(2)9-18-10-16-5-6-17(19-11-16)20-8-7-14(3)15(4)12-20/h5-6,11,13-15,18H,7-10,12H2,1-4H3. The van der Waals surface area contributed by atoms with Gasteiger partial charge in [-0.1, -0.05) is 33.8 Å². The highest BCUT2D eigenvalue weighted by Crippen LogP contribution is 2.25. The second kappa shape index (κ2) is 7.07. The molecule has 1 aromatic rings. The Labute approximate surface area is 123 Å². The largest absolute Gasteiger partial charge is 0.356 e. The van der Waals surface area contributed by atoms with Gasteiger partial charge >= 0.3 is 0 Å². The second-order valence-electron chi connectivity index (χ2n) is 6.74. The van der Waals surface area contributed by atoms with Gasteiger partial charge in [0.25, 0.3) is 0 Å². The smallest absolute Gasteiger partial charge is 0.128 e. The van der Waals surface area contributed by atoms with Gasteiger partial charge in [-0.2, -0.15) is 0 Å². The minimum Gasteiger partial charge on any atom is -0.356 e. The van der Waals surface area contributed by atoms with Crippen molar-refractivity contribution in [1.29, 1.82) is 0 Å². The molecule has 3 heteroatoms. The predicted molar refractivity (Wildman–Crippen MR) is 85.9 cm³/mol. The first kappa shape index (κ1) is 15.3. The van der Waals surface area contributed by atoms with E-state index in [1.54, 1.807) is 0 Å². The summed E-state index contributed by atoms with van der Waals surface area (Å²) in [5, 5.41) is 3.46. The summed E-state index contributed by atoms with van der Waals surface area (Å²) >= 11 is 0. The first-order valence-corrected chi connectivity index (χ1v) is 7.97. The first-order valence-electron chi connectivity index (χ1n) is 7.97. The van der Waals surface area contributed by atoms with Gasteiger partial charge in [-0.15, -0.1) is 0 Å². The molecular weight excluding hydrogens is 246 g/mol.